The Labute approximate surface area is 92.2 Å². The number of hydrogen-bond acceptors (Lipinski definition) is 7. The van der Waals surface area contributed by atoms with Gasteiger partial charge in [-0.1, -0.05) is 0 Å². The summed E-state index contributed by atoms with van der Waals surface area (Å²) in [6.45, 7) is 2.14. The maximum absolute atomic E-state index is 11.1. The molecule has 0 spiro atoms. The predicted molar refractivity (Wildman–Crippen MR) is 56.6 cm³/mol. The van der Waals surface area contributed by atoms with E-state index in [1.807, 2.05) is 0 Å². The van der Waals surface area contributed by atoms with Gasteiger partial charge in [0.05, 0.1) is 6.61 Å². The Kier molecular flexibility index (Phi) is 2.23. The van der Waals surface area contributed by atoms with Crippen LogP contribution in [0.4, 0.5) is 11.4 Å². The van der Waals surface area contributed by atoms with Crippen LogP contribution in [0.5, 0.6) is 17.2 Å². The fourth-order valence-corrected chi connectivity index (χ4v) is 2.08. The van der Waals surface area contributed by atoms with Gasteiger partial charge >= 0.3 is 10.4 Å². The molecule has 88 valence electrons. The Morgan fingerprint density at radius 1 is 1.31 bits per heavy atom. The van der Waals surface area contributed by atoms with Gasteiger partial charge in [-0.15, -0.1) is 8.42 Å². The number of anilines is 2. The van der Waals surface area contributed by atoms with Gasteiger partial charge in [0.2, 0.25) is 0 Å². The highest BCUT2D eigenvalue weighted by Gasteiger charge is 2.31. The molecule has 1 aromatic rings. The van der Waals surface area contributed by atoms with Crippen LogP contribution in [0.2, 0.25) is 0 Å². The molecule has 7 nitrogen and oxygen atoms in total. The van der Waals surface area contributed by atoms with Crippen LogP contribution in [-0.2, 0) is 10.4 Å². The van der Waals surface area contributed by atoms with Gasteiger partial charge in [0, 0.05) is 6.07 Å². The van der Waals surface area contributed by atoms with Crippen molar-refractivity contribution in [1.82, 2.24) is 0 Å². The van der Waals surface area contributed by atoms with Crippen LogP contribution in [0.1, 0.15) is 6.92 Å². The molecule has 4 N–H and O–H groups in total. The Morgan fingerprint density at radius 2 is 2.00 bits per heavy atom. The van der Waals surface area contributed by atoms with Crippen LogP contribution >= 0.6 is 0 Å². The summed E-state index contributed by atoms with van der Waals surface area (Å²) >= 11 is 0. The third-order valence-corrected chi connectivity index (χ3v) is 2.71. The van der Waals surface area contributed by atoms with Crippen LogP contribution in [0.15, 0.2) is 6.07 Å². The number of rotatable bonds is 2. The first-order valence-corrected chi connectivity index (χ1v) is 5.76. The third-order valence-electron chi connectivity index (χ3n) is 1.96. The zero-order valence-corrected chi connectivity index (χ0v) is 9.21. The molecule has 2 bridgehead atoms. The van der Waals surface area contributed by atoms with Crippen LogP contribution < -0.4 is 24.6 Å². The second-order valence-electron chi connectivity index (χ2n) is 3.04. The standard InChI is InChI=1S/C8H10N2O5S/c1-2-13-4-3-5-7(10)8(6(4)9)15-16(11,12)14-5/h3H,2,9-10H2,1H3. The van der Waals surface area contributed by atoms with Crippen molar-refractivity contribution in [3.05, 3.63) is 6.07 Å². The molecule has 0 saturated heterocycles. The predicted octanol–water partition coefficient (Wildman–Crippen LogP) is 0.266. The maximum atomic E-state index is 11.1. The molecule has 0 amide bonds. The monoisotopic (exact) mass is 246 g/mol. The first-order chi connectivity index (χ1) is 7.44. The Morgan fingerprint density at radius 3 is 2.62 bits per heavy atom. The lowest BCUT2D eigenvalue weighted by Crippen LogP contribution is -2.23. The van der Waals surface area contributed by atoms with Gasteiger partial charge in [-0.3, -0.25) is 0 Å². The van der Waals surface area contributed by atoms with Crippen molar-refractivity contribution in [2.75, 3.05) is 18.1 Å². The molecule has 0 saturated carbocycles. The van der Waals surface area contributed by atoms with Crippen molar-refractivity contribution in [3.8, 4) is 17.2 Å². The average Bonchev–Trinajstić information content (AvgIpc) is 2.18. The molecule has 0 radical (unpaired) electrons. The molecule has 0 aromatic heterocycles. The summed E-state index contributed by atoms with van der Waals surface area (Å²) in [6, 6.07) is 1.32. The van der Waals surface area contributed by atoms with E-state index in [2.05, 4.69) is 8.37 Å². The van der Waals surface area contributed by atoms with Crippen molar-refractivity contribution < 1.29 is 21.5 Å². The third kappa shape index (κ3) is 1.56. The van der Waals surface area contributed by atoms with E-state index in [-0.39, 0.29) is 28.6 Å². The molecule has 0 atom stereocenters. The lowest BCUT2D eigenvalue weighted by Gasteiger charge is -2.21. The van der Waals surface area contributed by atoms with Gasteiger partial charge in [-0.2, -0.15) is 0 Å². The number of nitrogen functional groups attached to an aromatic ring is 2. The zero-order chi connectivity index (χ0) is 11.9. The molecular weight excluding hydrogens is 236 g/mol. The maximum Gasteiger partial charge on any atom is 0.501 e. The van der Waals surface area contributed by atoms with Crippen LogP contribution in [-0.4, -0.2) is 15.0 Å². The lowest BCUT2D eigenvalue weighted by molar-refractivity contribution is 0.334. The minimum atomic E-state index is -4.12. The first kappa shape index (κ1) is 10.7. The number of fused-ring (bicyclic) bond motifs is 2. The summed E-state index contributed by atoms with van der Waals surface area (Å²) < 4.78 is 36.5. The van der Waals surface area contributed by atoms with Crippen molar-refractivity contribution in [2.24, 2.45) is 0 Å². The zero-order valence-electron chi connectivity index (χ0n) is 8.39. The van der Waals surface area contributed by atoms with E-state index in [1.165, 1.54) is 6.07 Å². The molecule has 1 aliphatic heterocycles. The molecule has 16 heavy (non-hydrogen) atoms. The fourth-order valence-electron chi connectivity index (χ4n) is 1.31. The molecular formula is C8H10N2O5S. The molecule has 1 aliphatic rings. The van der Waals surface area contributed by atoms with E-state index in [0.717, 1.165) is 0 Å². The Hall–Kier alpha value is -1.83. The van der Waals surface area contributed by atoms with Crippen LogP contribution in [0.3, 0.4) is 0 Å². The minimum absolute atomic E-state index is 0.0370. The van der Waals surface area contributed by atoms with Crippen LogP contribution in [0.25, 0.3) is 0 Å². The molecule has 0 unspecified atom stereocenters. The van der Waals surface area contributed by atoms with Crippen molar-refractivity contribution >= 4 is 21.8 Å². The van der Waals surface area contributed by atoms with E-state index in [9.17, 15) is 8.42 Å². The van der Waals surface area contributed by atoms with E-state index in [4.69, 9.17) is 16.2 Å². The SMILES string of the molecule is CCOc1cc2c(N)c(c1N)OS(=O)(=O)O2. The van der Waals surface area contributed by atoms with Gasteiger partial charge < -0.3 is 24.6 Å². The molecule has 8 heteroatoms. The quantitative estimate of drug-likeness (QED) is 0.719. The van der Waals surface area contributed by atoms with Gasteiger partial charge in [0.25, 0.3) is 0 Å². The summed E-state index contributed by atoms with van der Waals surface area (Å²) in [7, 11) is -4.12. The van der Waals surface area contributed by atoms with E-state index in [1.54, 1.807) is 6.92 Å². The van der Waals surface area contributed by atoms with Crippen LogP contribution in [0, 0.1) is 0 Å². The smallest absolute Gasteiger partial charge is 0.491 e. The van der Waals surface area contributed by atoms with Crippen molar-refractivity contribution in [1.29, 1.82) is 0 Å². The Balaban J connectivity index is 2.61. The van der Waals surface area contributed by atoms with E-state index in [0.29, 0.717) is 6.61 Å². The summed E-state index contributed by atoms with van der Waals surface area (Å²) in [6.07, 6.45) is 0. The first-order valence-electron chi connectivity index (χ1n) is 4.43. The van der Waals surface area contributed by atoms with E-state index < -0.39 is 10.4 Å². The number of hydrogen-bond donors (Lipinski definition) is 2. The summed E-state index contributed by atoms with van der Waals surface area (Å²) in [5.74, 6) is 0.0858. The van der Waals surface area contributed by atoms with Gasteiger partial charge in [-0.05, 0) is 6.92 Å². The minimum Gasteiger partial charge on any atom is -0.491 e. The van der Waals surface area contributed by atoms with Gasteiger partial charge in [0.1, 0.15) is 17.1 Å². The number of ether oxygens (including phenoxy) is 1. The molecule has 1 aromatic carbocycles. The molecule has 1 heterocycles. The summed E-state index contributed by atoms with van der Waals surface area (Å²) in [5, 5.41) is 0. The van der Waals surface area contributed by atoms with Gasteiger partial charge in [0.15, 0.2) is 11.5 Å². The molecule has 0 fully saturated rings. The largest absolute Gasteiger partial charge is 0.501 e. The van der Waals surface area contributed by atoms with Crippen molar-refractivity contribution in [3.63, 3.8) is 0 Å². The molecule has 0 aliphatic carbocycles. The molecule has 2 rings (SSSR count). The fraction of sp³-hybridized carbons (Fsp3) is 0.250. The van der Waals surface area contributed by atoms with E-state index >= 15 is 0 Å². The topological polar surface area (TPSA) is 114 Å². The average molecular weight is 246 g/mol. The highest BCUT2D eigenvalue weighted by molar-refractivity contribution is 7.82. The highest BCUT2D eigenvalue weighted by atomic mass is 32.3. The Bertz CT molecular complexity index is 540. The summed E-state index contributed by atoms with van der Waals surface area (Å²) in [5.41, 5.74) is 11.3. The van der Waals surface area contributed by atoms with Crippen molar-refractivity contribution in [2.45, 2.75) is 6.92 Å². The number of nitrogens with two attached hydrogens (primary N) is 2. The second kappa shape index (κ2) is 3.34. The number of benzene rings is 1. The lowest BCUT2D eigenvalue weighted by atomic mass is 10.2. The second-order valence-corrected chi connectivity index (χ2v) is 4.19. The van der Waals surface area contributed by atoms with Gasteiger partial charge in [-0.25, -0.2) is 0 Å². The summed E-state index contributed by atoms with van der Waals surface area (Å²) in [4.78, 5) is 0. The highest BCUT2D eigenvalue weighted by Crippen LogP contribution is 2.47. The normalized spacial score (nSPS) is 16.1.